The van der Waals surface area contributed by atoms with Crippen LogP contribution in [0.1, 0.15) is 67.8 Å². The zero-order valence-corrected chi connectivity index (χ0v) is 20.8. The van der Waals surface area contributed by atoms with Gasteiger partial charge in [-0.2, -0.15) is 0 Å². The smallest absolute Gasteiger partial charge is 0.260 e. The minimum atomic E-state index is -2.85. The molecule has 0 aliphatic carbocycles. The molecule has 0 unspecified atom stereocenters. The van der Waals surface area contributed by atoms with E-state index < -0.39 is 24.4 Å². The van der Waals surface area contributed by atoms with Gasteiger partial charge in [-0.15, -0.1) is 0 Å². The normalized spacial score (nSPS) is 15.5. The number of carbonyl (C=O) groups is 1. The summed E-state index contributed by atoms with van der Waals surface area (Å²) in [6, 6.07) is 6.44. The first-order valence-corrected chi connectivity index (χ1v) is 11.8. The number of allylic oxidation sites excluding steroid dienone is 5. The number of anilines is 3. The van der Waals surface area contributed by atoms with Crippen LogP contribution in [0.15, 0.2) is 65.3 Å². The van der Waals surface area contributed by atoms with Crippen molar-refractivity contribution in [2.75, 3.05) is 23.3 Å². The molecule has 35 heavy (non-hydrogen) atoms. The number of carbonyl (C=O) groups excluding carboxylic acids is 1. The van der Waals surface area contributed by atoms with Gasteiger partial charge in [0.15, 0.2) is 0 Å². The lowest BCUT2D eigenvalue weighted by Gasteiger charge is -2.25. The van der Waals surface area contributed by atoms with Gasteiger partial charge in [-0.25, -0.2) is 0 Å². The van der Waals surface area contributed by atoms with Gasteiger partial charge in [0.25, 0.3) is 5.91 Å². The minimum Gasteiger partial charge on any atom is -0.508 e. The van der Waals surface area contributed by atoms with E-state index in [2.05, 4.69) is 32.9 Å². The molecule has 0 saturated carbocycles. The van der Waals surface area contributed by atoms with Gasteiger partial charge in [-0.1, -0.05) is 41.0 Å². The van der Waals surface area contributed by atoms with E-state index in [0.29, 0.717) is 0 Å². The number of nitrogens with zero attached hydrogens (tertiary/aromatic N) is 2. The number of rotatable bonds is 8. The lowest BCUT2D eigenvalue weighted by atomic mass is 10.1. The fraction of sp³-hybridized carbons (Fsp3) is 0.345. The Balaban J connectivity index is 1.96. The zero-order chi connectivity index (χ0) is 28.2. The van der Waals surface area contributed by atoms with Crippen molar-refractivity contribution in [1.29, 1.82) is 0 Å². The summed E-state index contributed by atoms with van der Waals surface area (Å²) in [5.41, 5.74) is 3.23. The van der Waals surface area contributed by atoms with E-state index in [4.69, 9.17) is 4.11 Å². The predicted octanol–water partition coefficient (Wildman–Crippen LogP) is 6.95. The molecule has 3 N–H and O–H groups in total. The summed E-state index contributed by atoms with van der Waals surface area (Å²) in [6.07, 6.45) is 9.96. The molecule has 0 bridgehead atoms. The summed E-state index contributed by atoms with van der Waals surface area (Å²) in [7, 11) is 0. The summed E-state index contributed by atoms with van der Waals surface area (Å²) < 4.78 is 24.4. The lowest BCUT2D eigenvalue weighted by Crippen LogP contribution is -2.30. The zero-order valence-electron chi connectivity index (χ0n) is 23.8. The SMILES string of the molecule is [2H]C([2H])([2H])N1c2c(O)cccc2C(=O)N(CC=C(C)CCC=C(C)CCC=C(C)C)c2cc(O)cc(O)c21. The number of hydrogen-bond donors (Lipinski definition) is 3. The van der Waals surface area contributed by atoms with Crippen LogP contribution in [0.25, 0.3) is 0 Å². The highest BCUT2D eigenvalue weighted by molar-refractivity contribution is 6.15. The van der Waals surface area contributed by atoms with Crippen LogP contribution in [-0.4, -0.2) is 34.7 Å². The van der Waals surface area contributed by atoms with Crippen LogP contribution < -0.4 is 9.80 Å². The molecule has 1 aliphatic heterocycles. The highest BCUT2D eigenvalue weighted by atomic mass is 16.3. The van der Waals surface area contributed by atoms with Crippen LogP contribution in [0, 0.1) is 0 Å². The maximum absolute atomic E-state index is 13.7. The maximum Gasteiger partial charge on any atom is 0.260 e. The molecule has 0 spiro atoms. The Hall–Kier alpha value is -3.67. The second kappa shape index (κ2) is 11.2. The Kier molecular flexibility index (Phi) is 6.97. The Morgan fingerprint density at radius 3 is 2.29 bits per heavy atom. The van der Waals surface area contributed by atoms with Crippen molar-refractivity contribution >= 4 is 23.0 Å². The van der Waals surface area contributed by atoms with Crippen molar-refractivity contribution in [2.24, 2.45) is 0 Å². The van der Waals surface area contributed by atoms with E-state index in [1.807, 2.05) is 13.0 Å². The fourth-order valence-electron chi connectivity index (χ4n) is 4.10. The summed E-state index contributed by atoms with van der Waals surface area (Å²) in [5, 5.41) is 31.6. The molecule has 0 fully saturated rings. The molecule has 0 atom stereocenters. The predicted molar refractivity (Wildman–Crippen MR) is 143 cm³/mol. The Bertz CT molecular complexity index is 1290. The molecule has 6 heteroatoms. The number of amides is 1. The molecule has 0 aromatic heterocycles. The van der Waals surface area contributed by atoms with E-state index in [1.165, 1.54) is 40.3 Å². The van der Waals surface area contributed by atoms with Gasteiger partial charge in [0, 0.05) is 29.8 Å². The quantitative estimate of drug-likeness (QED) is 0.357. The van der Waals surface area contributed by atoms with Crippen LogP contribution in [0.5, 0.6) is 17.2 Å². The fourth-order valence-corrected chi connectivity index (χ4v) is 4.10. The average Bonchev–Trinajstić information content (AvgIpc) is 2.91. The molecule has 1 amide bonds. The Morgan fingerprint density at radius 1 is 0.914 bits per heavy atom. The number of para-hydroxylation sites is 1. The number of aromatic hydroxyl groups is 3. The lowest BCUT2D eigenvalue weighted by molar-refractivity contribution is 0.0990. The molecule has 3 rings (SSSR count). The van der Waals surface area contributed by atoms with Crippen molar-refractivity contribution in [3.8, 4) is 17.2 Å². The van der Waals surface area contributed by atoms with Gasteiger partial charge >= 0.3 is 0 Å². The first-order chi connectivity index (χ1) is 17.8. The maximum atomic E-state index is 13.7. The molecular formula is C29H36N2O4. The number of hydrogen-bond acceptors (Lipinski definition) is 5. The molecule has 6 nitrogen and oxygen atoms in total. The average molecular weight is 480 g/mol. The first-order valence-electron chi connectivity index (χ1n) is 13.3. The number of phenols is 3. The summed E-state index contributed by atoms with van der Waals surface area (Å²) in [6.45, 7) is 5.48. The Labute approximate surface area is 212 Å². The van der Waals surface area contributed by atoms with E-state index >= 15 is 0 Å². The van der Waals surface area contributed by atoms with Gasteiger partial charge < -0.3 is 25.1 Å². The van der Waals surface area contributed by atoms with Crippen molar-refractivity contribution in [2.45, 2.75) is 53.4 Å². The minimum absolute atomic E-state index is 0.0262. The summed E-state index contributed by atoms with van der Waals surface area (Å²) in [4.78, 5) is 15.8. The van der Waals surface area contributed by atoms with Crippen LogP contribution in [0.3, 0.4) is 0 Å². The van der Waals surface area contributed by atoms with Crippen LogP contribution in [0.2, 0.25) is 0 Å². The highest BCUT2D eigenvalue weighted by Crippen LogP contribution is 2.49. The van der Waals surface area contributed by atoms with Gasteiger partial charge in [-0.05, 0) is 65.5 Å². The molecule has 1 heterocycles. The van der Waals surface area contributed by atoms with Crippen LogP contribution in [0.4, 0.5) is 17.1 Å². The van der Waals surface area contributed by atoms with Crippen molar-refractivity contribution in [3.05, 3.63) is 70.8 Å². The topological polar surface area (TPSA) is 84.2 Å². The third kappa shape index (κ3) is 6.07. The molecule has 0 radical (unpaired) electrons. The number of benzene rings is 2. The van der Waals surface area contributed by atoms with Gasteiger partial charge in [0.1, 0.15) is 22.9 Å². The van der Waals surface area contributed by atoms with Gasteiger partial charge in [-0.3, -0.25) is 4.79 Å². The molecular weight excluding hydrogens is 440 g/mol. The van der Waals surface area contributed by atoms with Crippen molar-refractivity contribution < 1.29 is 24.2 Å². The first kappa shape index (κ1) is 21.8. The standard InChI is InChI=1S/C29H36N2O4/c1-19(2)9-6-10-20(3)11-7-12-21(4)15-16-31-24-17-22(32)18-26(34)28(24)30(5)27-23(29(31)35)13-8-14-25(27)33/h8-9,11,13-15,17-18,32-34H,6-7,10,12,16H2,1-5H3/i5D3. The van der Waals surface area contributed by atoms with Crippen LogP contribution in [-0.2, 0) is 0 Å². The second-order valence-electron chi connectivity index (χ2n) is 9.22. The molecule has 2 aromatic carbocycles. The third-order valence-corrected chi connectivity index (χ3v) is 6.03. The summed E-state index contributed by atoms with van der Waals surface area (Å²) >= 11 is 0. The van der Waals surface area contributed by atoms with E-state index in [-0.39, 0.29) is 34.9 Å². The number of phenolic OH excluding ortho intramolecular Hbond substituents is 3. The van der Waals surface area contributed by atoms with Crippen molar-refractivity contribution in [3.63, 3.8) is 0 Å². The molecule has 2 aromatic rings. The molecule has 0 saturated heterocycles. The van der Waals surface area contributed by atoms with Gasteiger partial charge in [0.2, 0.25) is 0 Å². The monoisotopic (exact) mass is 479 g/mol. The van der Waals surface area contributed by atoms with Crippen LogP contribution >= 0.6 is 0 Å². The van der Waals surface area contributed by atoms with E-state index in [9.17, 15) is 20.1 Å². The second-order valence-corrected chi connectivity index (χ2v) is 9.22. The summed E-state index contributed by atoms with van der Waals surface area (Å²) in [5.74, 6) is -1.83. The molecule has 186 valence electrons. The van der Waals surface area contributed by atoms with Crippen molar-refractivity contribution in [1.82, 2.24) is 0 Å². The van der Waals surface area contributed by atoms with Gasteiger partial charge in [0.05, 0.1) is 16.9 Å². The molecule has 1 aliphatic rings. The Morgan fingerprint density at radius 2 is 1.60 bits per heavy atom. The highest BCUT2D eigenvalue weighted by Gasteiger charge is 2.33. The van der Waals surface area contributed by atoms with E-state index in [1.54, 1.807) is 0 Å². The van der Waals surface area contributed by atoms with E-state index in [0.717, 1.165) is 42.2 Å². The third-order valence-electron chi connectivity index (χ3n) is 6.03. The largest absolute Gasteiger partial charge is 0.508 e. The number of fused-ring (bicyclic) bond motifs is 2.